The number of hydrogen-bond donors (Lipinski definition) is 2. The number of aromatic carboxylic acids is 1. The van der Waals surface area contributed by atoms with Gasteiger partial charge in [0.05, 0.1) is 4.92 Å². The van der Waals surface area contributed by atoms with Crippen molar-refractivity contribution >= 4 is 23.3 Å². The van der Waals surface area contributed by atoms with E-state index in [1.54, 1.807) is 7.05 Å². The predicted octanol–water partition coefficient (Wildman–Crippen LogP) is 2.11. The van der Waals surface area contributed by atoms with Crippen LogP contribution < -0.4 is 10.2 Å². The molecular formula is C14H18N4O4. The Bertz CT molecular complexity index is 626. The van der Waals surface area contributed by atoms with Gasteiger partial charge in [-0.1, -0.05) is 0 Å². The molecule has 0 atom stereocenters. The molecule has 0 bridgehead atoms. The van der Waals surface area contributed by atoms with Crippen LogP contribution in [-0.4, -0.2) is 40.6 Å². The number of nitro groups is 1. The van der Waals surface area contributed by atoms with Crippen LogP contribution in [0.25, 0.3) is 0 Å². The van der Waals surface area contributed by atoms with E-state index in [-0.39, 0.29) is 17.1 Å². The zero-order valence-electron chi connectivity index (χ0n) is 12.3. The molecule has 0 aliphatic heterocycles. The minimum absolute atomic E-state index is 0.0988. The first-order valence-electron chi connectivity index (χ1n) is 7.38. The lowest BCUT2D eigenvalue weighted by Crippen LogP contribution is -2.31. The Morgan fingerprint density at radius 3 is 2.64 bits per heavy atom. The zero-order valence-corrected chi connectivity index (χ0v) is 12.3. The van der Waals surface area contributed by atoms with E-state index in [0.29, 0.717) is 17.8 Å². The van der Waals surface area contributed by atoms with Crippen molar-refractivity contribution in [1.29, 1.82) is 0 Å². The maximum absolute atomic E-state index is 11.5. The van der Waals surface area contributed by atoms with Crippen LogP contribution in [0.15, 0.2) is 6.07 Å². The van der Waals surface area contributed by atoms with Gasteiger partial charge in [0, 0.05) is 25.7 Å². The Morgan fingerprint density at radius 1 is 1.50 bits per heavy atom. The second-order valence-electron chi connectivity index (χ2n) is 5.87. The fraction of sp³-hybridized carbons (Fsp3) is 0.571. The maximum atomic E-state index is 11.5. The molecule has 0 aromatic carbocycles. The minimum Gasteiger partial charge on any atom is -0.478 e. The van der Waals surface area contributed by atoms with Crippen LogP contribution in [-0.2, 0) is 0 Å². The molecule has 1 heterocycles. The van der Waals surface area contributed by atoms with E-state index in [0.717, 1.165) is 38.3 Å². The van der Waals surface area contributed by atoms with Gasteiger partial charge in [0.2, 0.25) is 5.82 Å². The number of pyridine rings is 1. The van der Waals surface area contributed by atoms with Crippen molar-refractivity contribution in [1.82, 2.24) is 4.98 Å². The molecule has 118 valence electrons. The van der Waals surface area contributed by atoms with Gasteiger partial charge in [-0.25, -0.2) is 9.78 Å². The SMILES string of the molecule is CNc1nc(N(CC2CC2)C2CC2)c(C(=O)O)cc1[N+](=O)[O-]. The van der Waals surface area contributed by atoms with Crippen LogP contribution in [0.3, 0.4) is 0 Å². The second kappa shape index (κ2) is 5.43. The standard InChI is InChI=1S/C14H18N4O4/c1-15-12-11(18(21)22)6-10(14(19)20)13(16-12)17(9-4-5-9)7-8-2-3-8/h6,8-9H,2-5,7H2,1H3,(H,15,16)(H,19,20). The number of anilines is 2. The molecule has 0 saturated heterocycles. The summed E-state index contributed by atoms with van der Waals surface area (Å²) in [5.74, 6) is -0.157. The van der Waals surface area contributed by atoms with E-state index in [4.69, 9.17) is 0 Å². The lowest BCUT2D eigenvalue weighted by molar-refractivity contribution is -0.384. The van der Waals surface area contributed by atoms with Crippen molar-refractivity contribution in [3.63, 3.8) is 0 Å². The summed E-state index contributed by atoms with van der Waals surface area (Å²) in [6, 6.07) is 1.41. The topological polar surface area (TPSA) is 109 Å². The lowest BCUT2D eigenvalue weighted by atomic mass is 10.2. The molecule has 1 aromatic heterocycles. The van der Waals surface area contributed by atoms with E-state index in [1.165, 1.54) is 0 Å². The van der Waals surface area contributed by atoms with E-state index >= 15 is 0 Å². The molecule has 0 unspecified atom stereocenters. The zero-order chi connectivity index (χ0) is 15.9. The average molecular weight is 306 g/mol. The summed E-state index contributed by atoms with van der Waals surface area (Å²) in [7, 11) is 1.54. The van der Waals surface area contributed by atoms with Gasteiger partial charge < -0.3 is 15.3 Å². The Balaban J connectivity index is 2.06. The summed E-state index contributed by atoms with van der Waals surface area (Å²) in [5, 5.41) is 23.2. The first kappa shape index (κ1) is 14.6. The van der Waals surface area contributed by atoms with Crippen molar-refractivity contribution < 1.29 is 14.8 Å². The summed E-state index contributed by atoms with van der Waals surface area (Å²) in [4.78, 5) is 28.3. The summed E-state index contributed by atoms with van der Waals surface area (Å²) in [6.45, 7) is 0.777. The first-order chi connectivity index (χ1) is 10.5. The highest BCUT2D eigenvalue weighted by Gasteiger charge is 2.37. The highest BCUT2D eigenvalue weighted by molar-refractivity contribution is 5.95. The average Bonchev–Trinajstić information content (AvgIpc) is 3.36. The summed E-state index contributed by atoms with van der Waals surface area (Å²) < 4.78 is 0. The largest absolute Gasteiger partial charge is 0.478 e. The molecule has 8 nitrogen and oxygen atoms in total. The summed E-state index contributed by atoms with van der Waals surface area (Å²) in [5.41, 5.74) is -0.413. The van der Waals surface area contributed by atoms with Gasteiger partial charge in [-0.15, -0.1) is 0 Å². The minimum atomic E-state index is -1.19. The van der Waals surface area contributed by atoms with Crippen molar-refractivity contribution in [3.05, 3.63) is 21.7 Å². The number of nitrogens with zero attached hydrogens (tertiary/aromatic N) is 3. The normalized spacial score (nSPS) is 17.1. The van der Waals surface area contributed by atoms with Crippen LogP contribution in [0.2, 0.25) is 0 Å². The van der Waals surface area contributed by atoms with Gasteiger partial charge in [0.1, 0.15) is 11.4 Å². The van der Waals surface area contributed by atoms with Crippen molar-refractivity contribution in [2.24, 2.45) is 5.92 Å². The van der Waals surface area contributed by atoms with Gasteiger partial charge in [-0.3, -0.25) is 10.1 Å². The third kappa shape index (κ3) is 2.81. The fourth-order valence-electron chi connectivity index (χ4n) is 2.57. The number of nitrogens with one attached hydrogen (secondary N) is 1. The quantitative estimate of drug-likeness (QED) is 0.586. The maximum Gasteiger partial charge on any atom is 0.339 e. The molecule has 0 amide bonds. The molecule has 2 N–H and O–H groups in total. The Kier molecular flexibility index (Phi) is 3.59. The molecule has 2 fully saturated rings. The number of carboxylic acid groups (broad SMARTS) is 1. The van der Waals surface area contributed by atoms with Crippen LogP contribution in [0.5, 0.6) is 0 Å². The number of hydrogen-bond acceptors (Lipinski definition) is 6. The third-order valence-corrected chi connectivity index (χ3v) is 4.06. The lowest BCUT2D eigenvalue weighted by Gasteiger charge is -2.25. The van der Waals surface area contributed by atoms with Crippen LogP contribution in [0.4, 0.5) is 17.3 Å². The Labute approximate surface area is 127 Å². The number of aromatic nitrogens is 1. The van der Waals surface area contributed by atoms with E-state index in [1.807, 2.05) is 4.90 Å². The van der Waals surface area contributed by atoms with Crippen LogP contribution >= 0.6 is 0 Å². The molecule has 2 aliphatic rings. The van der Waals surface area contributed by atoms with Gasteiger partial charge >= 0.3 is 11.7 Å². The molecule has 8 heteroatoms. The third-order valence-electron chi connectivity index (χ3n) is 4.06. The molecule has 2 aliphatic carbocycles. The summed E-state index contributed by atoms with van der Waals surface area (Å²) >= 11 is 0. The fourth-order valence-corrected chi connectivity index (χ4v) is 2.57. The Morgan fingerprint density at radius 2 is 2.18 bits per heavy atom. The molecule has 1 aromatic rings. The number of rotatable bonds is 7. The summed E-state index contributed by atoms with van der Waals surface area (Å²) in [6.07, 6.45) is 4.33. The first-order valence-corrected chi connectivity index (χ1v) is 7.38. The second-order valence-corrected chi connectivity index (χ2v) is 5.87. The highest BCUT2D eigenvalue weighted by Crippen LogP contribution is 2.40. The number of carbonyl (C=O) groups is 1. The van der Waals surface area contributed by atoms with Crippen molar-refractivity contribution in [3.8, 4) is 0 Å². The van der Waals surface area contributed by atoms with Gasteiger partial charge in [0.25, 0.3) is 0 Å². The van der Waals surface area contributed by atoms with Gasteiger partial charge in [-0.05, 0) is 31.6 Å². The Hall–Kier alpha value is -2.38. The van der Waals surface area contributed by atoms with Crippen LogP contribution in [0.1, 0.15) is 36.0 Å². The van der Waals surface area contributed by atoms with Gasteiger partial charge in [0.15, 0.2) is 0 Å². The molecule has 3 rings (SSSR count). The monoisotopic (exact) mass is 306 g/mol. The van der Waals surface area contributed by atoms with Crippen molar-refractivity contribution in [2.45, 2.75) is 31.7 Å². The van der Waals surface area contributed by atoms with E-state index in [2.05, 4.69) is 10.3 Å². The van der Waals surface area contributed by atoms with Crippen molar-refractivity contribution in [2.75, 3.05) is 23.8 Å². The van der Waals surface area contributed by atoms with Crippen LogP contribution in [0, 0.1) is 16.0 Å². The smallest absolute Gasteiger partial charge is 0.339 e. The number of carboxylic acids is 1. The van der Waals surface area contributed by atoms with E-state index in [9.17, 15) is 20.0 Å². The predicted molar refractivity (Wildman–Crippen MR) is 80.5 cm³/mol. The molecule has 0 spiro atoms. The highest BCUT2D eigenvalue weighted by atomic mass is 16.6. The van der Waals surface area contributed by atoms with E-state index < -0.39 is 10.9 Å². The molecule has 2 saturated carbocycles. The molecule has 0 radical (unpaired) electrons. The van der Waals surface area contributed by atoms with Gasteiger partial charge in [-0.2, -0.15) is 0 Å². The molecule has 22 heavy (non-hydrogen) atoms. The molecular weight excluding hydrogens is 288 g/mol.